The Morgan fingerprint density at radius 2 is 1.47 bits per heavy atom. The molecule has 0 bridgehead atoms. The normalized spacial score (nSPS) is 13.3. The lowest BCUT2D eigenvalue weighted by atomic mass is 9.85. The van der Waals surface area contributed by atoms with Crippen molar-refractivity contribution in [2.45, 2.75) is 33.7 Å². The van der Waals surface area contributed by atoms with E-state index in [1.165, 1.54) is 12.1 Å². The molecule has 0 saturated carbocycles. The third-order valence-electron chi connectivity index (χ3n) is 8.04. The molecule has 9 heteroatoms. The number of carboxylic acids is 1. The van der Waals surface area contributed by atoms with Gasteiger partial charge in [0.15, 0.2) is 0 Å². The van der Waals surface area contributed by atoms with Gasteiger partial charge >= 0.3 is 5.97 Å². The second-order valence-electron chi connectivity index (χ2n) is 10.3. The standard InChI is InChI=1S/C34H36N4O5/c1-5-36(6-2)24-17-18-28-30(20-24)43-31-21-25(37(7-3)8-4)19-29(26-11-9-10-12-27(26)34(39)40)32(31)33(28)35-22-13-15-23(16-14-22)38(41)42/h9-21,33,35H,5-8H2,1-4H3,(H,39,40). The van der Waals surface area contributed by atoms with Crippen molar-refractivity contribution in [2.75, 3.05) is 41.3 Å². The van der Waals surface area contributed by atoms with Crippen LogP contribution in [0.1, 0.15) is 55.2 Å². The first-order chi connectivity index (χ1) is 20.8. The fourth-order valence-corrected chi connectivity index (χ4v) is 5.80. The van der Waals surface area contributed by atoms with Gasteiger partial charge in [-0.1, -0.05) is 24.3 Å². The van der Waals surface area contributed by atoms with Gasteiger partial charge in [-0.15, -0.1) is 0 Å². The number of anilines is 3. The third-order valence-corrected chi connectivity index (χ3v) is 8.04. The van der Waals surface area contributed by atoms with E-state index in [4.69, 9.17) is 4.74 Å². The van der Waals surface area contributed by atoms with Crippen LogP contribution in [-0.2, 0) is 0 Å². The largest absolute Gasteiger partial charge is 0.478 e. The monoisotopic (exact) mass is 580 g/mol. The summed E-state index contributed by atoms with van der Waals surface area (Å²) in [4.78, 5) is 27.7. The zero-order valence-electron chi connectivity index (χ0n) is 24.8. The van der Waals surface area contributed by atoms with Crippen LogP contribution in [0.5, 0.6) is 11.5 Å². The predicted molar refractivity (Wildman–Crippen MR) is 171 cm³/mol. The molecule has 0 aromatic heterocycles. The van der Waals surface area contributed by atoms with Crippen molar-refractivity contribution >= 4 is 28.7 Å². The van der Waals surface area contributed by atoms with E-state index >= 15 is 0 Å². The maximum Gasteiger partial charge on any atom is 0.336 e. The van der Waals surface area contributed by atoms with Crippen LogP contribution in [-0.4, -0.2) is 42.2 Å². The average molecular weight is 581 g/mol. The molecule has 1 aliphatic heterocycles. The van der Waals surface area contributed by atoms with Crippen molar-refractivity contribution in [1.82, 2.24) is 0 Å². The topological polar surface area (TPSA) is 108 Å². The predicted octanol–water partition coefficient (Wildman–Crippen LogP) is 7.96. The van der Waals surface area contributed by atoms with Gasteiger partial charge in [0.25, 0.3) is 5.69 Å². The number of rotatable bonds is 11. The number of non-ortho nitro benzene ring substituents is 1. The van der Waals surface area contributed by atoms with E-state index in [2.05, 4.69) is 48.9 Å². The van der Waals surface area contributed by atoms with E-state index < -0.39 is 16.9 Å². The third kappa shape index (κ3) is 5.70. The summed E-state index contributed by atoms with van der Waals surface area (Å²) in [6.07, 6.45) is 0. The highest BCUT2D eigenvalue weighted by Crippen LogP contribution is 2.51. The van der Waals surface area contributed by atoms with Crippen molar-refractivity contribution < 1.29 is 19.6 Å². The van der Waals surface area contributed by atoms with Crippen LogP contribution in [0.4, 0.5) is 22.7 Å². The number of hydrogen-bond donors (Lipinski definition) is 2. The number of nitro groups is 1. The minimum Gasteiger partial charge on any atom is -0.478 e. The minimum absolute atomic E-state index is 0.00197. The molecule has 1 aliphatic rings. The van der Waals surface area contributed by atoms with Crippen LogP contribution in [0.3, 0.4) is 0 Å². The molecule has 0 amide bonds. The van der Waals surface area contributed by atoms with Crippen molar-refractivity contribution in [3.8, 4) is 22.6 Å². The second-order valence-corrected chi connectivity index (χ2v) is 10.3. The van der Waals surface area contributed by atoms with Gasteiger partial charge in [-0.05, 0) is 69.2 Å². The van der Waals surface area contributed by atoms with Gasteiger partial charge in [-0.25, -0.2) is 4.79 Å². The fourth-order valence-electron chi connectivity index (χ4n) is 5.80. The molecule has 9 nitrogen and oxygen atoms in total. The highest BCUT2D eigenvalue weighted by Gasteiger charge is 2.33. The van der Waals surface area contributed by atoms with Crippen LogP contribution < -0.4 is 19.9 Å². The van der Waals surface area contributed by atoms with Crippen molar-refractivity contribution in [3.05, 3.63) is 106 Å². The Balaban J connectivity index is 1.77. The Labute approximate surface area is 251 Å². The summed E-state index contributed by atoms with van der Waals surface area (Å²) in [5, 5.41) is 25.0. The number of carboxylic acid groups (broad SMARTS) is 1. The number of aromatic carboxylic acids is 1. The lowest BCUT2D eigenvalue weighted by Crippen LogP contribution is -2.25. The number of nitrogens with zero attached hydrogens (tertiary/aromatic N) is 3. The number of hydrogen-bond acceptors (Lipinski definition) is 7. The molecule has 0 spiro atoms. The summed E-state index contributed by atoms with van der Waals surface area (Å²) in [7, 11) is 0. The summed E-state index contributed by atoms with van der Waals surface area (Å²) < 4.78 is 6.69. The lowest BCUT2D eigenvalue weighted by molar-refractivity contribution is -0.384. The molecule has 1 heterocycles. The van der Waals surface area contributed by atoms with E-state index in [1.54, 1.807) is 24.3 Å². The zero-order valence-corrected chi connectivity index (χ0v) is 24.8. The molecule has 4 aromatic carbocycles. The molecule has 222 valence electrons. The molecular formula is C34H36N4O5. The van der Waals surface area contributed by atoms with Crippen molar-refractivity contribution in [1.29, 1.82) is 0 Å². The highest BCUT2D eigenvalue weighted by atomic mass is 16.6. The van der Waals surface area contributed by atoms with Crippen LogP contribution in [0.25, 0.3) is 11.1 Å². The van der Waals surface area contributed by atoms with E-state index in [1.807, 2.05) is 36.4 Å². The molecule has 4 aromatic rings. The fraction of sp³-hybridized carbons (Fsp3) is 0.265. The van der Waals surface area contributed by atoms with Crippen LogP contribution >= 0.6 is 0 Å². The SMILES string of the molecule is CCN(CC)c1ccc2c(c1)Oc1cc(N(CC)CC)cc(-c3ccccc3C(=O)O)c1C2Nc1ccc([N+](=O)[O-])cc1. The summed E-state index contributed by atoms with van der Waals surface area (Å²) >= 11 is 0. The van der Waals surface area contributed by atoms with Crippen LogP contribution in [0.15, 0.2) is 78.9 Å². The first kappa shape index (κ1) is 29.4. The smallest absolute Gasteiger partial charge is 0.336 e. The molecule has 5 rings (SSSR count). The highest BCUT2D eigenvalue weighted by molar-refractivity contribution is 5.97. The number of benzene rings is 4. The Morgan fingerprint density at radius 3 is 2.09 bits per heavy atom. The quantitative estimate of drug-likeness (QED) is 0.136. The Morgan fingerprint density at radius 1 is 0.837 bits per heavy atom. The van der Waals surface area contributed by atoms with Crippen molar-refractivity contribution in [2.24, 2.45) is 0 Å². The molecule has 2 N–H and O–H groups in total. The van der Waals surface area contributed by atoms with Crippen LogP contribution in [0.2, 0.25) is 0 Å². The van der Waals surface area contributed by atoms with E-state index in [0.717, 1.165) is 54.2 Å². The molecule has 0 saturated heterocycles. The number of fused-ring (bicyclic) bond motifs is 2. The molecule has 43 heavy (non-hydrogen) atoms. The van der Waals surface area contributed by atoms with Gasteiger partial charge in [0, 0.05) is 78.6 Å². The average Bonchev–Trinajstić information content (AvgIpc) is 3.01. The maximum absolute atomic E-state index is 12.4. The molecule has 1 atom stereocenters. The zero-order chi connectivity index (χ0) is 30.7. The summed E-state index contributed by atoms with van der Waals surface area (Å²) in [6.45, 7) is 11.6. The summed E-state index contributed by atoms with van der Waals surface area (Å²) in [6, 6.07) is 23.1. The summed E-state index contributed by atoms with van der Waals surface area (Å²) in [5.74, 6) is 0.312. The second kappa shape index (κ2) is 12.4. The Hall–Kier alpha value is -5.05. The van der Waals surface area contributed by atoms with Crippen molar-refractivity contribution in [3.63, 3.8) is 0 Å². The Kier molecular flexibility index (Phi) is 8.52. The Bertz CT molecular complexity index is 1650. The van der Waals surface area contributed by atoms with Gasteiger partial charge in [0.05, 0.1) is 16.5 Å². The van der Waals surface area contributed by atoms with Gasteiger partial charge in [0.1, 0.15) is 11.5 Å². The van der Waals surface area contributed by atoms with E-state index in [9.17, 15) is 20.0 Å². The first-order valence-corrected chi connectivity index (χ1v) is 14.6. The number of nitrogens with one attached hydrogen (secondary N) is 1. The number of ether oxygens (including phenoxy) is 1. The molecule has 0 fully saturated rings. The number of nitro benzene ring substituents is 1. The number of carbonyl (C=O) groups is 1. The molecule has 0 radical (unpaired) electrons. The molecule has 0 aliphatic carbocycles. The van der Waals surface area contributed by atoms with Crippen LogP contribution in [0, 0.1) is 10.1 Å². The molecule has 1 unspecified atom stereocenters. The van der Waals surface area contributed by atoms with E-state index in [-0.39, 0.29) is 11.3 Å². The maximum atomic E-state index is 12.4. The van der Waals surface area contributed by atoms with Gasteiger partial charge < -0.3 is 25.0 Å². The van der Waals surface area contributed by atoms with Gasteiger partial charge in [-0.3, -0.25) is 10.1 Å². The van der Waals surface area contributed by atoms with Gasteiger partial charge in [-0.2, -0.15) is 0 Å². The lowest BCUT2D eigenvalue weighted by Gasteiger charge is -2.34. The van der Waals surface area contributed by atoms with Gasteiger partial charge in [0.2, 0.25) is 0 Å². The molecular weight excluding hydrogens is 544 g/mol. The first-order valence-electron chi connectivity index (χ1n) is 14.6. The summed E-state index contributed by atoms with van der Waals surface area (Å²) in [5.41, 5.74) is 5.86. The van der Waals surface area contributed by atoms with E-state index in [0.29, 0.717) is 22.7 Å². The minimum atomic E-state index is -1.02.